The number of carbonyl (C=O) groups is 1. The van der Waals surface area contributed by atoms with Crippen LogP contribution < -0.4 is 5.32 Å². The number of rotatable bonds is 3. The maximum absolute atomic E-state index is 13.2. The van der Waals surface area contributed by atoms with Gasteiger partial charge in [0.25, 0.3) is 5.91 Å². The number of piperidine rings is 3. The summed E-state index contributed by atoms with van der Waals surface area (Å²) in [6, 6.07) is 3.99. The van der Waals surface area contributed by atoms with E-state index in [0.29, 0.717) is 5.69 Å². The van der Waals surface area contributed by atoms with Crippen molar-refractivity contribution in [3.8, 4) is 11.8 Å². The molecule has 30 heavy (non-hydrogen) atoms. The van der Waals surface area contributed by atoms with Crippen molar-refractivity contribution in [1.82, 2.24) is 20.1 Å². The maximum Gasteiger partial charge on any atom is 0.271 e. The average molecular weight is 425 g/mol. The number of amides is 1. The van der Waals surface area contributed by atoms with Gasteiger partial charge in [-0.05, 0) is 44.2 Å². The topological polar surface area (TPSA) is 57.7 Å². The minimum Gasteiger partial charge on any atom is -0.379 e. The second-order valence-electron chi connectivity index (χ2n) is 8.73. The third-order valence-electron chi connectivity index (χ3n) is 6.66. The number of aromatic nitrogens is 1. The van der Waals surface area contributed by atoms with E-state index in [0.717, 1.165) is 73.2 Å². The van der Waals surface area contributed by atoms with Gasteiger partial charge in [0.2, 0.25) is 0 Å². The van der Waals surface area contributed by atoms with E-state index in [1.165, 1.54) is 12.8 Å². The fourth-order valence-corrected chi connectivity index (χ4v) is 5.89. The molecule has 2 aromatic rings. The molecular formula is C23H28N4O2S. The van der Waals surface area contributed by atoms with E-state index < -0.39 is 0 Å². The Morgan fingerprint density at radius 2 is 2.13 bits per heavy atom. The highest BCUT2D eigenvalue weighted by Crippen LogP contribution is 2.37. The lowest BCUT2D eigenvalue weighted by atomic mass is 9.80. The van der Waals surface area contributed by atoms with Crippen molar-refractivity contribution >= 4 is 27.3 Å². The summed E-state index contributed by atoms with van der Waals surface area (Å²) in [5.74, 6) is 7.19. The van der Waals surface area contributed by atoms with Crippen LogP contribution in [0.3, 0.4) is 0 Å². The highest BCUT2D eigenvalue weighted by atomic mass is 32.1. The Morgan fingerprint density at radius 1 is 1.33 bits per heavy atom. The maximum atomic E-state index is 13.2. The van der Waals surface area contributed by atoms with Gasteiger partial charge in [0.15, 0.2) is 0 Å². The van der Waals surface area contributed by atoms with Crippen LogP contribution in [0.15, 0.2) is 18.3 Å². The van der Waals surface area contributed by atoms with E-state index in [4.69, 9.17) is 4.74 Å². The number of thiophene rings is 1. The Labute approximate surface area is 181 Å². The first-order chi connectivity index (χ1) is 14.6. The third kappa shape index (κ3) is 3.97. The van der Waals surface area contributed by atoms with Crippen LogP contribution in [0, 0.1) is 17.8 Å². The predicted octanol–water partition coefficient (Wildman–Crippen LogP) is 2.54. The molecule has 1 atom stereocenters. The van der Waals surface area contributed by atoms with E-state index in [1.807, 2.05) is 12.1 Å². The molecule has 0 unspecified atom stereocenters. The summed E-state index contributed by atoms with van der Waals surface area (Å²) < 4.78 is 6.44. The smallest absolute Gasteiger partial charge is 0.271 e. The monoisotopic (exact) mass is 424 g/mol. The molecule has 2 aromatic heterocycles. The second kappa shape index (κ2) is 8.27. The molecule has 1 amide bonds. The lowest BCUT2D eigenvalue weighted by Crippen LogP contribution is -2.65. The minimum atomic E-state index is -0.265. The fourth-order valence-electron chi connectivity index (χ4n) is 4.96. The molecular weight excluding hydrogens is 396 g/mol. The molecule has 6 heterocycles. The number of nitrogens with zero attached hydrogens (tertiary/aromatic N) is 3. The van der Waals surface area contributed by atoms with Crippen LogP contribution >= 0.6 is 11.3 Å². The standard InChI is InChI=1S/C23H28N4O2S/c1-23(16-17-5-9-27(23)10-6-17)25-22(28)21-19-15-18(30-20(19)4-7-24-21)3-2-8-26-11-13-29-14-12-26/h4,7,15,17H,5-6,8-14,16H2,1H3,(H,25,28)/t23-/m0/s1. The molecule has 0 saturated carbocycles. The van der Waals surface area contributed by atoms with Crippen molar-refractivity contribution in [1.29, 1.82) is 0 Å². The highest BCUT2D eigenvalue weighted by molar-refractivity contribution is 7.19. The first-order valence-electron chi connectivity index (χ1n) is 10.9. The first kappa shape index (κ1) is 20.0. The van der Waals surface area contributed by atoms with E-state index in [1.54, 1.807) is 17.5 Å². The normalized spacial score (nSPS) is 28.8. The second-order valence-corrected chi connectivity index (χ2v) is 9.82. The van der Waals surface area contributed by atoms with Crippen molar-refractivity contribution in [3.05, 3.63) is 28.9 Å². The van der Waals surface area contributed by atoms with E-state index >= 15 is 0 Å². The summed E-state index contributed by atoms with van der Waals surface area (Å²) in [6.07, 6.45) is 5.25. The number of morpholine rings is 1. The molecule has 4 saturated heterocycles. The molecule has 4 aliphatic rings. The first-order valence-corrected chi connectivity index (χ1v) is 11.7. The number of pyridine rings is 1. The molecule has 0 radical (unpaired) electrons. The molecule has 0 aliphatic carbocycles. The summed E-state index contributed by atoms with van der Waals surface area (Å²) in [6.45, 7) is 8.49. The van der Waals surface area contributed by atoms with E-state index in [-0.39, 0.29) is 11.6 Å². The molecule has 7 heteroatoms. The van der Waals surface area contributed by atoms with Gasteiger partial charge in [-0.1, -0.05) is 11.8 Å². The van der Waals surface area contributed by atoms with Gasteiger partial charge in [-0.25, -0.2) is 0 Å². The van der Waals surface area contributed by atoms with Crippen LogP contribution in [0.25, 0.3) is 10.1 Å². The minimum absolute atomic E-state index is 0.0822. The summed E-state index contributed by atoms with van der Waals surface area (Å²) in [7, 11) is 0. The Bertz CT molecular complexity index is 996. The summed E-state index contributed by atoms with van der Waals surface area (Å²) in [5, 5.41) is 4.20. The Morgan fingerprint density at radius 3 is 2.87 bits per heavy atom. The van der Waals surface area contributed by atoms with Gasteiger partial charge in [0.05, 0.1) is 30.3 Å². The van der Waals surface area contributed by atoms with Crippen LogP contribution in [0.2, 0.25) is 0 Å². The zero-order chi connectivity index (χ0) is 20.6. The van der Waals surface area contributed by atoms with Gasteiger partial charge in [-0.2, -0.15) is 0 Å². The molecule has 0 aromatic carbocycles. The summed E-state index contributed by atoms with van der Waals surface area (Å²) in [4.78, 5) is 23.3. The van der Waals surface area contributed by atoms with Gasteiger partial charge >= 0.3 is 0 Å². The third-order valence-corrected chi connectivity index (χ3v) is 7.68. The Hall–Kier alpha value is -1.98. The number of fused-ring (bicyclic) bond motifs is 4. The molecule has 6 nitrogen and oxygen atoms in total. The Kier molecular flexibility index (Phi) is 5.50. The molecule has 158 valence electrons. The van der Waals surface area contributed by atoms with Gasteiger partial charge in [-0.3, -0.25) is 19.6 Å². The molecule has 6 rings (SSSR count). The number of carbonyl (C=O) groups excluding carboxylic acids is 1. The quantitative estimate of drug-likeness (QED) is 0.768. The van der Waals surface area contributed by atoms with E-state index in [9.17, 15) is 4.79 Å². The summed E-state index contributed by atoms with van der Waals surface area (Å²) in [5.41, 5.74) is 0.243. The lowest BCUT2D eigenvalue weighted by Gasteiger charge is -2.52. The SMILES string of the molecule is C[C@@]1(NC(=O)c2nccc3sc(C#CCN4CCOCC4)cc23)CC2CCN1CC2. The van der Waals surface area contributed by atoms with Crippen molar-refractivity contribution in [2.45, 2.75) is 31.8 Å². The molecule has 1 N–H and O–H groups in total. The number of hydrogen-bond donors (Lipinski definition) is 1. The number of nitrogens with one attached hydrogen (secondary N) is 1. The van der Waals surface area contributed by atoms with Crippen molar-refractivity contribution < 1.29 is 9.53 Å². The van der Waals surface area contributed by atoms with Crippen LogP contribution in [0.1, 0.15) is 41.6 Å². The molecule has 2 bridgehead atoms. The molecule has 4 fully saturated rings. The number of hydrogen-bond acceptors (Lipinski definition) is 6. The van der Waals surface area contributed by atoms with Crippen LogP contribution in [0.4, 0.5) is 0 Å². The van der Waals surface area contributed by atoms with Gasteiger partial charge in [0, 0.05) is 42.5 Å². The average Bonchev–Trinajstić information content (AvgIpc) is 3.17. The van der Waals surface area contributed by atoms with Crippen molar-refractivity contribution in [3.63, 3.8) is 0 Å². The summed E-state index contributed by atoms with van der Waals surface area (Å²) >= 11 is 1.63. The van der Waals surface area contributed by atoms with Crippen LogP contribution in [-0.4, -0.2) is 72.3 Å². The largest absolute Gasteiger partial charge is 0.379 e. The Balaban J connectivity index is 1.33. The van der Waals surface area contributed by atoms with Crippen molar-refractivity contribution in [2.75, 3.05) is 45.9 Å². The van der Waals surface area contributed by atoms with Crippen LogP contribution in [0.5, 0.6) is 0 Å². The number of ether oxygens (including phenoxy) is 1. The zero-order valence-electron chi connectivity index (χ0n) is 17.4. The lowest BCUT2D eigenvalue weighted by molar-refractivity contribution is -0.0347. The van der Waals surface area contributed by atoms with Gasteiger partial charge < -0.3 is 10.1 Å². The van der Waals surface area contributed by atoms with Gasteiger partial charge in [-0.15, -0.1) is 11.3 Å². The van der Waals surface area contributed by atoms with Crippen molar-refractivity contribution in [2.24, 2.45) is 5.92 Å². The van der Waals surface area contributed by atoms with Crippen LogP contribution in [-0.2, 0) is 4.74 Å². The van der Waals surface area contributed by atoms with Gasteiger partial charge in [0.1, 0.15) is 5.69 Å². The van der Waals surface area contributed by atoms with E-state index in [2.05, 4.69) is 38.9 Å². The zero-order valence-corrected chi connectivity index (χ0v) is 18.3. The fraction of sp³-hybridized carbons (Fsp3) is 0.565. The highest BCUT2D eigenvalue weighted by Gasteiger charge is 2.43. The molecule has 4 aliphatic heterocycles. The predicted molar refractivity (Wildman–Crippen MR) is 119 cm³/mol. The molecule has 0 spiro atoms.